The van der Waals surface area contributed by atoms with Crippen molar-refractivity contribution >= 4 is 16.8 Å². The van der Waals surface area contributed by atoms with E-state index in [2.05, 4.69) is 9.88 Å². The van der Waals surface area contributed by atoms with Crippen LogP contribution in [0.2, 0.25) is 0 Å². The van der Waals surface area contributed by atoms with Crippen LogP contribution in [0.4, 0.5) is 4.39 Å². The van der Waals surface area contributed by atoms with E-state index in [1.807, 2.05) is 30.5 Å². The highest BCUT2D eigenvalue weighted by molar-refractivity contribution is 5.89. The van der Waals surface area contributed by atoms with Crippen molar-refractivity contribution in [2.45, 2.75) is 13.0 Å². The number of aromatic nitrogens is 1. The van der Waals surface area contributed by atoms with Gasteiger partial charge in [-0.3, -0.25) is 4.79 Å². The van der Waals surface area contributed by atoms with E-state index in [-0.39, 0.29) is 11.7 Å². The Kier molecular flexibility index (Phi) is 3.92. The number of hydrogen-bond acceptors (Lipinski definition) is 1. The molecule has 0 radical (unpaired) electrons. The zero-order valence-electron chi connectivity index (χ0n) is 12.3. The first-order valence-electron chi connectivity index (χ1n) is 7.19. The third kappa shape index (κ3) is 2.86. The van der Waals surface area contributed by atoms with Gasteiger partial charge < -0.3 is 9.88 Å². The maximum atomic E-state index is 13.0. The Labute approximate surface area is 128 Å². The lowest BCUT2D eigenvalue weighted by atomic mass is 10.1. The standard InChI is InChI=1S/C18H17FN2O/c1-20-18(22)10-14-12-21(17-5-3-2-4-16(14)17)11-13-6-8-15(19)9-7-13/h2-9,12H,10-11H2,1H3,(H,20,22). The second-order valence-electron chi connectivity index (χ2n) is 5.28. The minimum atomic E-state index is -0.235. The molecule has 2 aromatic carbocycles. The Morgan fingerprint density at radius 2 is 1.86 bits per heavy atom. The van der Waals surface area contributed by atoms with Gasteiger partial charge in [-0.05, 0) is 29.3 Å². The molecule has 0 aliphatic carbocycles. The lowest BCUT2D eigenvalue weighted by Crippen LogP contribution is -2.19. The summed E-state index contributed by atoms with van der Waals surface area (Å²) in [5.41, 5.74) is 3.09. The van der Waals surface area contributed by atoms with E-state index in [1.54, 1.807) is 19.2 Å². The van der Waals surface area contributed by atoms with Crippen LogP contribution < -0.4 is 5.32 Å². The van der Waals surface area contributed by atoms with Crippen LogP contribution >= 0.6 is 0 Å². The van der Waals surface area contributed by atoms with Crippen molar-refractivity contribution in [3.05, 3.63) is 71.7 Å². The average molecular weight is 296 g/mol. The van der Waals surface area contributed by atoms with Crippen molar-refractivity contribution in [1.29, 1.82) is 0 Å². The van der Waals surface area contributed by atoms with Gasteiger partial charge >= 0.3 is 0 Å². The summed E-state index contributed by atoms with van der Waals surface area (Å²) in [6, 6.07) is 14.5. The third-order valence-electron chi connectivity index (χ3n) is 3.77. The van der Waals surface area contributed by atoms with Gasteiger partial charge in [0.15, 0.2) is 0 Å². The zero-order chi connectivity index (χ0) is 15.5. The summed E-state index contributed by atoms with van der Waals surface area (Å²) in [4.78, 5) is 11.7. The second kappa shape index (κ2) is 6.02. The quantitative estimate of drug-likeness (QED) is 0.788. The number of likely N-dealkylation sites (N-methyl/N-ethyl adjacent to an activating group) is 1. The maximum absolute atomic E-state index is 13.0. The highest BCUT2D eigenvalue weighted by atomic mass is 19.1. The summed E-state index contributed by atoms with van der Waals surface area (Å²) in [5.74, 6) is -0.244. The molecule has 1 N–H and O–H groups in total. The van der Waals surface area contributed by atoms with Crippen LogP contribution in [0.25, 0.3) is 10.9 Å². The summed E-state index contributed by atoms with van der Waals surface area (Å²) in [7, 11) is 1.64. The largest absolute Gasteiger partial charge is 0.359 e. The minimum Gasteiger partial charge on any atom is -0.359 e. The number of nitrogens with one attached hydrogen (secondary N) is 1. The van der Waals surface area contributed by atoms with E-state index >= 15 is 0 Å². The van der Waals surface area contributed by atoms with Crippen molar-refractivity contribution in [2.75, 3.05) is 7.05 Å². The topological polar surface area (TPSA) is 34.0 Å². The molecule has 3 nitrogen and oxygen atoms in total. The molecule has 0 bridgehead atoms. The lowest BCUT2D eigenvalue weighted by molar-refractivity contribution is -0.119. The highest BCUT2D eigenvalue weighted by Crippen LogP contribution is 2.23. The fourth-order valence-corrected chi connectivity index (χ4v) is 2.64. The average Bonchev–Trinajstić information content (AvgIpc) is 2.87. The van der Waals surface area contributed by atoms with Crippen LogP contribution in [0.5, 0.6) is 0 Å². The first-order valence-corrected chi connectivity index (χ1v) is 7.19. The van der Waals surface area contributed by atoms with Crippen molar-refractivity contribution in [2.24, 2.45) is 0 Å². The predicted molar refractivity (Wildman–Crippen MR) is 85.2 cm³/mol. The Bertz CT molecular complexity index is 806. The molecule has 3 aromatic rings. The normalized spacial score (nSPS) is 10.8. The van der Waals surface area contributed by atoms with Crippen molar-refractivity contribution in [1.82, 2.24) is 9.88 Å². The number of carbonyl (C=O) groups is 1. The van der Waals surface area contributed by atoms with Gasteiger partial charge in [0, 0.05) is 30.7 Å². The molecule has 4 heteroatoms. The summed E-state index contributed by atoms with van der Waals surface area (Å²) in [5, 5.41) is 3.73. The van der Waals surface area contributed by atoms with Crippen molar-refractivity contribution in [3.8, 4) is 0 Å². The maximum Gasteiger partial charge on any atom is 0.224 e. The van der Waals surface area contributed by atoms with E-state index in [1.165, 1.54) is 12.1 Å². The zero-order valence-corrected chi connectivity index (χ0v) is 12.3. The molecule has 1 aromatic heterocycles. The number of halogens is 1. The number of para-hydroxylation sites is 1. The van der Waals surface area contributed by atoms with Crippen molar-refractivity contribution < 1.29 is 9.18 Å². The van der Waals surface area contributed by atoms with Gasteiger partial charge in [-0.1, -0.05) is 30.3 Å². The Hall–Kier alpha value is -2.62. The van der Waals surface area contributed by atoms with E-state index in [0.717, 1.165) is 22.0 Å². The van der Waals surface area contributed by atoms with Crippen LogP contribution in [-0.2, 0) is 17.8 Å². The van der Waals surface area contributed by atoms with Crippen LogP contribution in [0.15, 0.2) is 54.7 Å². The molecule has 112 valence electrons. The molecule has 0 atom stereocenters. The number of hydrogen-bond donors (Lipinski definition) is 1. The van der Waals surface area contributed by atoms with Crippen LogP contribution in [0, 0.1) is 5.82 Å². The molecule has 0 spiro atoms. The first-order chi connectivity index (χ1) is 10.7. The van der Waals surface area contributed by atoms with Gasteiger partial charge in [-0.2, -0.15) is 0 Å². The minimum absolute atomic E-state index is 0.00955. The molecular weight excluding hydrogens is 279 g/mol. The smallest absolute Gasteiger partial charge is 0.224 e. The molecule has 0 aliphatic rings. The monoisotopic (exact) mass is 296 g/mol. The fraction of sp³-hybridized carbons (Fsp3) is 0.167. The van der Waals surface area contributed by atoms with Gasteiger partial charge in [-0.15, -0.1) is 0 Å². The molecule has 22 heavy (non-hydrogen) atoms. The van der Waals surface area contributed by atoms with E-state index in [9.17, 15) is 9.18 Å². The Balaban J connectivity index is 1.98. The molecular formula is C18H17FN2O. The van der Waals surface area contributed by atoms with Crippen LogP contribution in [0.3, 0.4) is 0 Å². The number of rotatable bonds is 4. The predicted octanol–water partition coefficient (Wildman–Crippen LogP) is 3.12. The molecule has 0 saturated heterocycles. The van der Waals surface area contributed by atoms with Gasteiger partial charge in [0.1, 0.15) is 5.82 Å². The first kappa shape index (κ1) is 14.3. The van der Waals surface area contributed by atoms with E-state index in [4.69, 9.17) is 0 Å². The SMILES string of the molecule is CNC(=O)Cc1cn(Cc2ccc(F)cc2)c2ccccc12. The highest BCUT2D eigenvalue weighted by Gasteiger charge is 2.11. The molecule has 0 unspecified atom stereocenters. The second-order valence-corrected chi connectivity index (χ2v) is 5.28. The lowest BCUT2D eigenvalue weighted by Gasteiger charge is -2.05. The molecule has 1 heterocycles. The molecule has 0 saturated carbocycles. The summed E-state index contributed by atoms with van der Waals surface area (Å²) in [6.45, 7) is 0.647. The van der Waals surface area contributed by atoms with Gasteiger partial charge in [0.2, 0.25) is 5.91 Å². The number of carbonyl (C=O) groups excluding carboxylic acids is 1. The summed E-state index contributed by atoms with van der Waals surface area (Å²) in [6.07, 6.45) is 2.36. The Morgan fingerprint density at radius 3 is 2.59 bits per heavy atom. The van der Waals surface area contributed by atoms with Crippen molar-refractivity contribution in [3.63, 3.8) is 0 Å². The number of amides is 1. The van der Waals surface area contributed by atoms with Gasteiger partial charge in [0.05, 0.1) is 6.42 Å². The third-order valence-corrected chi connectivity index (χ3v) is 3.77. The Morgan fingerprint density at radius 1 is 1.14 bits per heavy atom. The number of fused-ring (bicyclic) bond motifs is 1. The van der Waals surface area contributed by atoms with Crippen LogP contribution in [0.1, 0.15) is 11.1 Å². The van der Waals surface area contributed by atoms with Crippen LogP contribution in [-0.4, -0.2) is 17.5 Å². The van der Waals surface area contributed by atoms with E-state index in [0.29, 0.717) is 13.0 Å². The molecule has 0 aliphatic heterocycles. The molecule has 0 fully saturated rings. The molecule has 3 rings (SSSR count). The number of nitrogens with zero attached hydrogens (tertiary/aromatic N) is 1. The summed E-state index contributed by atoms with van der Waals surface area (Å²) >= 11 is 0. The van der Waals surface area contributed by atoms with E-state index < -0.39 is 0 Å². The van der Waals surface area contributed by atoms with Gasteiger partial charge in [0.25, 0.3) is 0 Å². The summed E-state index contributed by atoms with van der Waals surface area (Å²) < 4.78 is 15.1. The van der Waals surface area contributed by atoms with Gasteiger partial charge in [-0.25, -0.2) is 4.39 Å². The fourth-order valence-electron chi connectivity index (χ4n) is 2.64. The number of benzene rings is 2. The molecule has 1 amide bonds.